The lowest BCUT2D eigenvalue weighted by Gasteiger charge is -2.39. The Balaban J connectivity index is 2.53. The molecule has 6 heteroatoms. The van der Waals surface area contributed by atoms with E-state index in [4.69, 9.17) is 4.74 Å². The summed E-state index contributed by atoms with van der Waals surface area (Å²) in [6.07, 6.45) is 0. The zero-order valence-corrected chi connectivity index (χ0v) is 10.5. The van der Waals surface area contributed by atoms with Crippen LogP contribution < -0.4 is 9.64 Å². The highest BCUT2D eigenvalue weighted by Gasteiger charge is 2.34. The van der Waals surface area contributed by atoms with Crippen LogP contribution in [0, 0.1) is 10.1 Å². The third-order valence-corrected chi connectivity index (χ3v) is 2.75. The molecule has 0 unspecified atom stereocenters. The van der Waals surface area contributed by atoms with Gasteiger partial charge in [-0.15, -0.1) is 0 Å². The van der Waals surface area contributed by atoms with Crippen molar-refractivity contribution in [3.8, 4) is 5.75 Å². The molecule has 2 rings (SSSR count). The fourth-order valence-electron chi connectivity index (χ4n) is 1.99. The Hall–Kier alpha value is -2.11. The molecule has 18 heavy (non-hydrogen) atoms. The summed E-state index contributed by atoms with van der Waals surface area (Å²) in [5, 5.41) is 10.8. The van der Waals surface area contributed by atoms with E-state index < -0.39 is 10.5 Å². The molecule has 0 fully saturated rings. The minimum Gasteiger partial charge on any atom is -0.484 e. The largest absolute Gasteiger partial charge is 0.484 e. The van der Waals surface area contributed by atoms with E-state index in [1.165, 1.54) is 30.0 Å². The van der Waals surface area contributed by atoms with Gasteiger partial charge in [0.15, 0.2) is 0 Å². The summed E-state index contributed by atoms with van der Waals surface area (Å²) in [6, 6.07) is 4.27. The maximum atomic E-state index is 11.6. The van der Waals surface area contributed by atoms with E-state index in [-0.39, 0.29) is 11.6 Å². The molecule has 0 bridgehead atoms. The van der Waals surface area contributed by atoms with Crippen molar-refractivity contribution in [3.05, 3.63) is 28.3 Å². The van der Waals surface area contributed by atoms with Crippen molar-refractivity contribution in [2.75, 3.05) is 11.4 Å². The maximum Gasteiger partial charge on any atom is 0.271 e. The Labute approximate surface area is 104 Å². The highest BCUT2D eigenvalue weighted by molar-refractivity contribution is 5.94. The first kappa shape index (κ1) is 12.3. The highest BCUT2D eigenvalue weighted by atomic mass is 16.6. The topological polar surface area (TPSA) is 72.7 Å². The van der Waals surface area contributed by atoms with Gasteiger partial charge in [-0.1, -0.05) is 0 Å². The summed E-state index contributed by atoms with van der Waals surface area (Å²) >= 11 is 0. The van der Waals surface area contributed by atoms with Crippen LogP contribution >= 0.6 is 0 Å². The first-order chi connectivity index (χ1) is 8.30. The van der Waals surface area contributed by atoms with Crippen LogP contribution in [0.1, 0.15) is 20.8 Å². The predicted molar refractivity (Wildman–Crippen MR) is 65.8 cm³/mol. The fraction of sp³-hybridized carbons (Fsp3) is 0.417. The number of benzene rings is 1. The molecule has 1 aliphatic rings. The average molecular weight is 250 g/mol. The second-order valence-electron chi connectivity index (χ2n) is 4.88. The Kier molecular flexibility index (Phi) is 2.73. The van der Waals surface area contributed by atoms with Crippen LogP contribution in [-0.4, -0.2) is 23.0 Å². The normalized spacial score (nSPS) is 16.7. The molecule has 1 aromatic carbocycles. The lowest BCUT2D eigenvalue weighted by Crippen LogP contribution is -2.48. The number of nitrogens with zero attached hydrogens (tertiary/aromatic N) is 2. The monoisotopic (exact) mass is 250 g/mol. The number of nitro groups is 1. The van der Waals surface area contributed by atoms with Gasteiger partial charge < -0.3 is 9.64 Å². The summed E-state index contributed by atoms with van der Waals surface area (Å²) in [4.78, 5) is 23.4. The van der Waals surface area contributed by atoms with Crippen LogP contribution in [0.5, 0.6) is 5.75 Å². The number of amides is 1. The number of fused-ring (bicyclic) bond motifs is 1. The molecule has 0 radical (unpaired) electrons. The molecule has 6 nitrogen and oxygen atoms in total. The molecule has 1 aromatic rings. The van der Waals surface area contributed by atoms with Crippen molar-refractivity contribution in [1.82, 2.24) is 0 Å². The van der Waals surface area contributed by atoms with Gasteiger partial charge in [-0.05, 0) is 19.9 Å². The van der Waals surface area contributed by atoms with Crippen molar-refractivity contribution in [2.45, 2.75) is 26.4 Å². The molecule has 0 N–H and O–H groups in total. The van der Waals surface area contributed by atoms with Gasteiger partial charge in [0.25, 0.3) is 5.69 Å². The standard InChI is InChI=1S/C12H14N2O4/c1-8(15)13-7-12(2,3)18-11-5-4-9(14(16)17)6-10(11)13/h4-6H,7H2,1-3H3. The third-order valence-electron chi connectivity index (χ3n) is 2.75. The van der Waals surface area contributed by atoms with Gasteiger partial charge in [0.1, 0.15) is 11.4 Å². The molecule has 0 aromatic heterocycles. The van der Waals surface area contributed by atoms with Gasteiger partial charge in [0, 0.05) is 19.1 Å². The zero-order chi connectivity index (χ0) is 13.5. The summed E-state index contributed by atoms with van der Waals surface area (Å²) in [6.45, 7) is 5.54. The Morgan fingerprint density at radius 2 is 2.17 bits per heavy atom. The molecular weight excluding hydrogens is 236 g/mol. The number of carbonyl (C=O) groups is 1. The quantitative estimate of drug-likeness (QED) is 0.565. The number of anilines is 1. The molecule has 0 saturated carbocycles. The SMILES string of the molecule is CC(=O)N1CC(C)(C)Oc2ccc([N+](=O)[O-])cc21. The predicted octanol–water partition coefficient (Wildman–Crippen LogP) is 2.12. The van der Waals surface area contributed by atoms with Crippen molar-refractivity contribution in [1.29, 1.82) is 0 Å². The lowest BCUT2D eigenvalue weighted by atomic mass is 10.0. The van der Waals surface area contributed by atoms with Crippen molar-refractivity contribution >= 4 is 17.3 Å². The number of hydrogen-bond donors (Lipinski definition) is 0. The number of hydrogen-bond acceptors (Lipinski definition) is 4. The molecule has 1 heterocycles. The van der Waals surface area contributed by atoms with Gasteiger partial charge in [0.2, 0.25) is 5.91 Å². The molecule has 0 saturated heterocycles. The summed E-state index contributed by atoms with van der Waals surface area (Å²) in [5.74, 6) is 0.333. The molecule has 0 atom stereocenters. The van der Waals surface area contributed by atoms with Crippen molar-refractivity contribution in [3.63, 3.8) is 0 Å². The zero-order valence-electron chi connectivity index (χ0n) is 10.5. The van der Waals surface area contributed by atoms with Gasteiger partial charge in [0.05, 0.1) is 17.2 Å². The van der Waals surface area contributed by atoms with Crippen LogP contribution in [0.25, 0.3) is 0 Å². The smallest absolute Gasteiger partial charge is 0.271 e. The van der Waals surface area contributed by atoms with E-state index in [2.05, 4.69) is 0 Å². The van der Waals surface area contributed by atoms with E-state index >= 15 is 0 Å². The van der Waals surface area contributed by atoms with Gasteiger partial charge in [-0.25, -0.2) is 0 Å². The minimum atomic E-state index is -0.505. The molecule has 96 valence electrons. The third kappa shape index (κ3) is 2.13. The van der Waals surface area contributed by atoms with Gasteiger partial charge >= 0.3 is 0 Å². The van der Waals surface area contributed by atoms with Crippen molar-refractivity contribution in [2.24, 2.45) is 0 Å². The number of nitro benzene ring substituents is 1. The molecule has 1 amide bonds. The summed E-state index contributed by atoms with van der Waals surface area (Å²) < 4.78 is 5.72. The second-order valence-corrected chi connectivity index (χ2v) is 4.88. The van der Waals surface area contributed by atoms with Gasteiger partial charge in [-0.2, -0.15) is 0 Å². The van der Waals surface area contributed by atoms with Crippen LogP contribution in [0.3, 0.4) is 0 Å². The number of carbonyl (C=O) groups excluding carboxylic acids is 1. The first-order valence-corrected chi connectivity index (χ1v) is 5.56. The Morgan fingerprint density at radius 1 is 1.50 bits per heavy atom. The van der Waals surface area contributed by atoms with Crippen LogP contribution in [0.4, 0.5) is 11.4 Å². The summed E-state index contributed by atoms with van der Waals surface area (Å²) in [5.41, 5.74) is -0.103. The molecule has 1 aliphatic heterocycles. The number of non-ortho nitro benzene ring substituents is 1. The van der Waals surface area contributed by atoms with E-state index in [9.17, 15) is 14.9 Å². The van der Waals surface area contributed by atoms with E-state index in [1.54, 1.807) is 0 Å². The Morgan fingerprint density at radius 3 is 2.72 bits per heavy atom. The fourth-order valence-corrected chi connectivity index (χ4v) is 1.99. The van der Waals surface area contributed by atoms with E-state index in [1.807, 2.05) is 13.8 Å². The van der Waals surface area contributed by atoms with E-state index in [0.29, 0.717) is 18.0 Å². The number of rotatable bonds is 1. The van der Waals surface area contributed by atoms with Crippen LogP contribution in [-0.2, 0) is 4.79 Å². The highest BCUT2D eigenvalue weighted by Crippen LogP contribution is 2.39. The molecular formula is C12H14N2O4. The van der Waals surface area contributed by atoms with Crippen LogP contribution in [0.2, 0.25) is 0 Å². The first-order valence-electron chi connectivity index (χ1n) is 5.56. The second kappa shape index (κ2) is 3.97. The van der Waals surface area contributed by atoms with Crippen molar-refractivity contribution < 1.29 is 14.5 Å². The average Bonchev–Trinajstić information content (AvgIpc) is 2.25. The maximum absolute atomic E-state index is 11.6. The van der Waals surface area contributed by atoms with E-state index in [0.717, 1.165) is 0 Å². The Bertz CT molecular complexity index is 525. The number of ether oxygens (including phenoxy) is 1. The van der Waals surface area contributed by atoms with Gasteiger partial charge in [-0.3, -0.25) is 14.9 Å². The lowest BCUT2D eigenvalue weighted by molar-refractivity contribution is -0.384. The van der Waals surface area contributed by atoms with Crippen LogP contribution in [0.15, 0.2) is 18.2 Å². The molecule has 0 aliphatic carbocycles. The summed E-state index contributed by atoms with van der Waals surface area (Å²) in [7, 11) is 0. The minimum absolute atomic E-state index is 0.0525. The molecule has 0 spiro atoms.